The van der Waals surface area contributed by atoms with Gasteiger partial charge in [-0.2, -0.15) is 0 Å². The maximum atomic E-state index is 13.5. The van der Waals surface area contributed by atoms with Crippen LogP contribution in [0.3, 0.4) is 0 Å². The van der Waals surface area contributed by atoms with Gasteiger partial charge in [-0.05, 0) is 134 Å². The Hall–Kier alpha value is -5.84. The number of nitrogens with zero attached hydrogens (tertiary/aromatic N) is 2. The summed E-state index contributed by atoms with van der Waals surface area (Å²) in [6.45, 7) is 0. The van der Waals surface area contributed by atoms with Gasteiger partial charge in [0.15, 0.2) is 0 Å². The highest BCUT2D eigenvalue weighted by Crippen LogP contribution is 2.43. The van der Waals surface area contributed by atoms with Crippen LogP contribution in [0.4, 0.5) is 0 Å². The number of hydrogen-bond donors (Lipinski definition) is 1. The van der Waals surface area contributed by atoms with Crippen LogP contribution in [0.5, 0.6) is 0 Å². The third-order valence-corrected chi connectivity index (χ3v) is 11.1. The van der Waals surface area contributed by atoms with Gasteiger partial charge in [0.2, 0.25) is 0 Å². The Bertz CT molecular complexity index is 2380. The van der Waals surface area contributed by atoms with E-state index in [4.69, 9.17) is 4.98 Å². The zero-order chi connectivity index (χ0) is 35.2. The minimum atomic E-state index is -0.107. The third-order valence-electron chi connectivity index (χ3n) is 11.1. The third kappa shape index (κ3) is 5.79. The predicted molar refractivity (Wildman–Crippen MR) is 218 cm³/mol. The molecule has 1 amide bonds. The van der Waals surface area contributed by atoms with Gasteiger partial charge < -0.3 is 10.2 Å². The lowest BCUT2D eigenvalue weighted by Crippen LogP contribution is -2.51. The number of nitrogens with one attached hydrogen (secondary N) is 1. The smallest absolute Gasteiger partial charge is 0.270 e. The van der Waals surface area contributed by atoms with Crippen LogP contribution in [0.15, 0.2) is 146 Å². The van der Waals surface area contributed by atoms with Crippen molar-refractivity contribution in [1.82, 2.24) is 15.2 Å². The highest BCUT2D eigenvalue weighted by molar-refractivity contribution is 6.16. The van der Waals surface area contributed by atoms with Gasteiger partial charge in [-0.25, -0.2) is 0 Å². The molecule has 0 bridgehead atoms. The van der Waals surface area contributed by atoms with Crippen LogP contribution >= 0.6 is 0 Å². The van der Waals surface area contributed by atoms with E-state index in [9.17, 15) is 4.79 Å². The highest BCUT2D eigenvalue weighted by Gasteiger charge is 2.28. The summed E-state index contributed by atoms with van der Waals surface area (Å²) < 4.78 is 0. The molecule has 4 heteroatoms. The van der Waals surface area contributed by atoms with Crippen molar-refractivity contribution in [2.24, 2.45) is 0 Å². The Balaban J connectivity index is 1.23. The molecule has 254 valence electrons. The first-order valence-electron chi connectivity index (χ1n) is 18.4. The van der Waals surface area contributed by atoms with Gasteiger partial charge in [0, 0.05) is 23.8 Å². The summed E-state index contributed by atoms with van der Waals surface area (Å²) in [5, 5.41) is 13.0. The first-order chi connectivity index (χ1) is 25.5. The van der Waals surface area contributed by atoms with Crippen molar-refractivity contribution in [2.45, 2.75) is 37.8 Å². The van der Waals surface area contributed by atoms with Gasteiger partial charge in [0.05, 0.1) is 0 Å². The van der Waals surface area contributed by atoms with Gasteiger partial charge >= 0.3 is 0 Å². The lowest BCUT2D eigenvalue weighted by Gasteiger charge is -2.36. The summed E-state index contributed by atoms with van der Waals surface area (Å²) in [7, 11) is 4.21. The van der Waals surface area contributed by atoms with Crippen molar-refractivity contribution in [2.75, 3.05) is 14.1 Å². The van der Waals surface area contributed by atoms with E-state index < -0.39 is 0 Å². The van der Waals surface area contributed by atoms with Gasteiger partial charge in [-0.3, -0.25) is 9.78 Å². The molecule has 1 aromatic heterocycles. The van der Waals surface area contributed by atoms with Crippen molar-refractivity contribution >= 4 is 49.0 Å². The first kappa shape index (κ1) is 32.1. The number of rotatable bonds is 6. The fourth-order valence-electron chi connectivity index (χ4n) is 8.57. The normalized spacial score (nSPS) is 16.2. The van der Waals surface area contributed by atoms with Crippen molar-refractivity contribution in [1.29, 1.82) is 0 Å². The maximum absolute atomic E-state index is 13.5. The van der Waals surface area contributed by atoms with Crippen molar-refractivity contribution < 1.29 is 4.79 Å². The zero-order valence-corrected chi connectivity index (χ0v) is 29.6. The summed E-state index contributed by atoms with van der Waals surface area (Å²) in [5.74, 6) is -0.107. The van der Waals surface area contributed by atoms with E-state index in [0.29, 0.717) is 11.7 Å². The molecule has 2 atom stereocenters. The summed E-state index contributed by atoms with van der Waals surface area (Å²) in [4.78, 5) is 20.5. The molecule has 0 unspecified atom stereocenters. The van der Waals surface area contributed by atoms with E-state index in [0.717, 1.165) is 41.5 Å². The molecule has 7 aromatic carbocycles. The van der Waals surface area contributed by atoms with Crippen LogP contribution in [0.2, 0.25) is 0 Å². The molecule has 1 heterocycles. The molecule has 0 saturated heterocycles. The summed E-state index contributed by atoms with van der Waals surface area (Å²) in [5.41, 5.74) is 7.20. The zero-order valence-electron chi connectivity index (χ0n) is 29.6. The molecule has 0 spiro atoms. The topological polar surface area (TPSA) is 45.2 Å². The summed E-state index contributed by atoms with van der Waals surface area (Å²) in [6, 6.07) is 50.7. The standard InChI is InChI=1S/C48H41N3O/c1-51(2)45-22-12-11-21-43(45)50-48(52)44-24-23-35(30-49-44)36-27-37(46-39-17-7-3-13-31(39)25-32-14-4-8-18-40(32)46)29-38(28-36)47-41-19-9-5-15-33(41)26-34-16-6-10-20-42(34)47/h3-10,13-20,23-30,43,45H,11-12,21-22H2,1-2H3,(H,50,52)/t43-,45-/m0/s1. The van der Waals surface area contributed by atoms with Crippen molar-refractivity contribution in [3.8, 4) is 33.4 Å². The molecule has 1 fully saturated rings. The predicted octanol–water partition coefficient (Wildman–Crippen LogP) is 11.3. The van der Waals surface area contributed by atoms with Crippen LogP contribution in [-0.4, -0.2) is 42.0 Å². The fraction of sp³-hybridized carbons (Fsp3) is 0.167. The van der Waals surface area contributed by atoms with Crippen LogP contribution in [0.1, 0.15) is 36.2 Å². The van der Waals surface area contributed by atoms with Gasteiger partial charge in [-0.1, -0.05) is 116 Å². The van der Waals surface area contributed by atoms with E-state index >= 15 is 0 Å². The number of amides is 1. The van der Waals surface area contributed by atoms with Gasteiger partial charge in [-0.15, -0.1) is 0 Å². The van der Waals surface area contributed by atoms with E-state index in [2.05, 4.69) is 158 Å². The molecule has 9 rings (SSSR count). The quantitative estimate of drug-likeness (QED) is 0.178. The van der Waals surface area contributed by atoms with E-state index in [1.54, 1.807) is 0 Å². The molecule has 1 N–H and O–H groups in total. The SMILES string of the molecule is CN(C)[C@H]1CCCC[C@@H]1NC(=O)c1ccc(-c2cc(-c3c4ccccc4cc4ccccc34)cc(-c3c4ccccc4cc4ccccc34)c2)cn1. The monoisotopic (exact) mass is 675 g/mol. The molecule has 4 nitrogen and oxygen atoms in total. The van der Waals surface area contributed by atoms with Crippen LogP contribution < -0.4 is 5.32 Å². The summed E-state index contributed by atoms with van der Waals surface area (Å²) >= 11 is 0. The van der Waals surface area contributed by atoms with E-state index in [1.807, 2.05) is 12.3 Å². The lowest BCUT2D eigenvalue weighted by molar-refractivity contribution is 0.0878. The molecular weight excluding hydrogens is 635 g/mol. The van der Waals surface area contributed by atoms with Crippen molar-refractivity contribution in [3.63, 3.8) is 0 Å². The second kappa shape index (κ2) is 13.4. The number of pyridine rings is 1. The molecule has 52 heavy (non-hydrogen) atoms. The minimum Gasteiger partial charge on any atom is -0.346 e. The fourth-order valence-corrected chi connectivity index (χ4v) is 8.57. The number of carbonyl (C=O) groups is 1. The van der Waals surface area contributed by atoms with Gasteiger partial charge in [0.25, 0.3) is 5.91 Å². The number of carbonyl (C=O) groups excluding carboxylic acids is 1. The second-order valence-corrected chi connectivity index (χ2v) is 14.5. The van der Waals surface area contributed by atoms with Crippen LogP contribution in [0, 0.1) is 0 Å². The molecule has 8 aromatic rings. The molecule has 1 aliphatic rings. The Morgan fingerprint density at radius 2 is 1.02 bits per heavy atom. The first-order valence-corrected chi connectivity index (χ1v) is 18.4. The van der Waals surface area contributed by atoms with Gasteiger partial charge in [0.1, 0.15) is 5.69 Å². The number of benzene rings is 7. The number of aromatic nitrogens is 1. The number of fused-ring (bicyclic) bond motifs is 4. The summed E-state index contributed by atoms with van der Waals surface area (Å²) in [6.07, 6.45) is 6.30. The molecule has 1 aliphatic carbocycles. The second-order valence-electron chi connectivity index (χ2n) is 14.5. The highest BCUT2D eigenvalue weighted by atomic mass is 16.2. The number of hydrogen-bond acceptors (Lipinski definition) is 3. The molecule has 0 aliphatic heterocycles. The van der Waals surface area contributed by atoms with Crippen LogP contribution in [-0.2, 0) is 0 Å². The van der Waals surface area contributed by atoms with E-state index in [-0.39, 0.29) is 11.9 Å². The largest absolute Gasteiger partial charge is 0.346 e. The maximum Gasteiger partial charge on any atom is 0.270 e. The van der Waals surface area contributed by atoms with Crippen LogP contribution in [0.25, 0.3) is 76.5 Å². The Morgan fingerprint density at radius 1 is 0.558 bits per heavy atom. The average Bonchev–Trinajstić information content (AvgIpc) is 3.19. The average molecular weight is 676 g/mol. The molecule has 0 radical (unpaired) electrons. The molecular formula is C48H41N3O. The van der Waals surface area contributed by atoms with Crippen molar-refractivity contribution in [3.05, 3.63) is 151 Å². The molecule has 1 saturated carbocycles. The Kier molecular flexibility index (Phi) is 8.25. The Labute approximate surface area is 304 Å². The lowest BCUT2D eigenvalue weighted by atomic mass is 9.86. The Morgan fingerprint density at radius 3 is 1.48 bits per heavy atom. The van der Waals surface area contributed by atoms with E-state index in [1.165, 1.54) is 60.6 Å². The minimum absolute atomic E-state index is 0.107. The number of likely N-dealkylation sites (N-methyl/N-ethyl adjacent to an activating group) is 1.